The number of pyridine rings is 1. The SMILES string of the molecule is CC(C)(C)c1ccc(Cn2cc(CN)cn2)cn1. The molecule has 2 heterocycles. The monoisotopic (exact) mass is 244 g/mol. The Morgan fingerprint density at radius 3 is 2.44 bits per heavy atom. The highest BCUT2D eigenvalue weighted by molar-refractivity contribution is 5.19. The lowest BCUT2D eigenvalue weighted by Crippen LogP contribution is -2.13. The molecule has 2 aromatic rings. The third-order valence-corrected chi connectivity index (χ3v) is 2.86. The lowest BCUT2D eigenvalue weighted by molar-refractivity contribution is 0.567. The Morgan fingerprint density at radius 1 is 1.17 bits per heavy atom. The smallest absolute Gasteiger partial charge is 0.0674 e. The van der Waals surface area contributed by atoms with Gasteiger partial charge in [0.05, 0.1) is 12.7 Å². The summed E-state index contributed by atoms with van der Waals surface area (Å²) in [7, 11) is 0. The molecule has 4 nitrogen and oxygen atoms in total. The van der Waals surface area contributed by atoms with Crippen molar-refractivity contribution in [2.24, 2.45) is 5.73 Å². The van der Waals surface area contributed by atoms with E-state index in [0.29, 0.717) is 6.54 Å². The van der Waals surface area contributed by atoms with Gasteiger partial charge < -0.3 is 5.73 Å². The van der Waals surface area contributed by atoms with Crippen molar-refractivity contribution >= 4 is 0 Å². The van der Waals surface area contributed by atoms with Gasteiger partial charge in [0.1, 0.15) is 0 Å². The van der Waals surface area contributed by atoms with Gasteiger partial charge in [-0.25, -0.2) is 0 Å². The first-order valence-electron chi connectivity index (χ1n) is 6.16. The number of nitrogens with two attached hydrogens (primary N) is 1. The van der Waals surface area contributed by atoms with Crippen LogP contribution in [-0.2, 0) is 18.5 Å². The summed E-state index contributed by atoms with van der Waals surface area (Å²) in [5, 5.41) is 4.26. The van der Waals surface area contributed by atoms with Crippen molar-refractivity contribution in [2.75, 3.05) is 0 Å². The molecule has 0 aliphatic carbocycles. The summed E-state index contributed by atoms with van der Waals surface area (Å²) in [6, 6.07) is 4.19. The normalized spacial score (nSPS) is 11.8. The predicted octanol–water partition coefficient (Wildman–Crippen LogP) is 2.08. The molecule has 4 heteroatoms. The maximum absolute atomic E-state index is 5.56. The molecule has 0 aliphatic rings. The van der Waals surface area contributed by atoms with Gasteiger partial charge >= 0.3 is 0 Å². The Kier molecular flexibility index (Phi) is 3.48. The molecule has 0 saturated heterocycles. The van der Waals surface area contributed by atoms with E-state index >= 15 is 0 Å². The second kappa shape index (κ2) is 4.90. The Balaban J connectivity index is 2.11. The molecular weight excluding hydrogens is 224 g/mol. The molecule has 0 unspecified atom stereocenters. The first kappa shape index (κ1) is 12.8. The molecule has 0 radical (unpaired) electrons. The molecule has 0 aliphatic heterocycles. The fraction of sp³-hybridized carbons (Fsp3) is 0.429. The fourth-order valence-corrected chi connectivity index (χ4v) is 1.75. The van der Waals surface area contributed by atoms with Gasteiger partial charge in [-0.15, -0.1) is 0 Å². The van der Waals surface area contributed by atoms with Crippen LogP contribution in [0.15, 0.2) is 30.7 Å². The van der Waals surface area contributed by atoms with Crippen molar-refractivity contribution in [3.8, 4) is 0 Å². The van der Waals surface area contributed by atoms with Gasteiger partial charge in [0, 0.05) is 35.6 Å². The van der Waals surface area contributed by atoms with E-state index in [9.17, 15) is 0 Å². The van der Waals surface area contributed by atoms with Gasteiger partial charge in [-0.3, -0.25) is 9.67 Å². The number of hydrogen-bond donors (Lipinski definition) is 1. The molecule has 0 bridgehead atoms. The van der Waals surface area contributed by atoms with Crippen LogP contribution in [0.2, 0.25) is 0 Å². The van der Waals surface area contributed by atoms with Gasteiger partial charge in [0.15, 0.2) is 0 Å². The van der Waals surface area contributed by atoms with E-state index in [1.165, 1.54) is 0 Å². The molecule has 2 rings (SSSR count). The number of nitrogens with zero attached hydrogens (tertiary/aromatic N) is 3. The topological polar surface area (TPSA) is 56.7 Å². The van der Waals surface area contributed by atoms with Gasteiger partial charge in [-0.05, 0) is 11.6 Å². The highest BCUT2D eigenvalue weighted by atomic mass is 15.3. The van der Waals surface area contributed by atoms with Crippen LogP contribution < -0.4 is 5.73 Å². The van der Waals surface area contributed by atoms with Crippen LogP contribution in [0.5, 0.6) is 0 Å². The van der Waals surface area contributed by atoms with E-state index in [-0.39, 0.29) is 5.41 Å². The van der Waals surface area contributed by atoms with Gasteiger partial charge in [0.25, 0.3) is 0 Å². The number of rotatable bonds is 3. The fourth-order valence-electron chi connectivity index (χ4n) is 1.75. The highest BCUT2D eigenvalue weighted by Crippen LogP contribution is 2.19. The van der Waals surface area contributed by atoms with Crippen LogP contribution in [-0.4, -0.2) is 14.8 Å². The van der Waals surface area contributed by atoms with E-state index in [4.69, 9.17) is 5.73 Å². The van der Waals surface area contributed by atoms with Crippen molar-refractivity contribution in [1.29, 1.82) is 0 Å². The summed E-state index contributed by atoms with van der Waals surface area (Å²) in [4.78, 5) is 4.51. The Morgan fingerprint density at radius 2 is 1.94 bits per heavy atom. The maximum atomic E-state index is 5.56. The lowest BCUT2D eigenvalue weighted by atomic mass is 9.91. The van der Waals surface area contributed by atoms with Crippen molar-refractivity contribution in [2.45, 2.75) is 39.3 Å². The second-order valence-corrected chi connectivity index (χ2v) is 5.55. The molecule has 0 amide bonds. The zero-order valence-electron chi connectivity index (χ0n) is 11.2. The minimum absolute atomic E-state index is 0.0942. The van der Waals surface area contributed by atoms with Crippen LogP contribution in [0, 0.1) is 0 Å². The number of aromatic nitrogens is 3. The average Bonchev–Trinajstić information content (AvgIpc) is 2.76. The molecule has 0 saturated carbocycles. The molecule has 96 valence electrons. The van der Waals surface area contributed by atoms with E-state index in [0.717, 1.165) is 23.4 Å². The molecular formula is C14H20N4. The summed E-state index contributed by atoms with van der Waals surface area (Å²) in [6.07, 6.45) is 5.69. The van der Waals surface area contributed by atoms with Crippen LogP contribution in [0.1, 0.15) is 37.6 Å². The Hall–Kier alpha value is -1.68. The largest absolute Gasteiger partial charge is 0.326 e. The van der Waals surface area contributed by atoms with Crippen LogP contribution in [0.3, 0.4) is 0 Å². The molecule has 0 fully saturated rings. The quantitative estimate of drug-likeness (QED) is 0.899. The van der Waals surface area contributed by atoms with E-state index in [1.807, 2.05) is 17.1 Å². The summed E-state index contributed by atoms with van der Waals surface area (Å²) < 4.78 is 1.88. The Labute approximate surface area is 108 Å². The predicted molar refractivity (Wildman–Crippen MR) is 72.2 cm³/mol. The van der Waals surface area contributed by atoms with Crippen molar-refractivity contribution in [3.63, 3.8) is 0 Å². The molecule has 0 aromatic carbocycles. The zero-order chi connectivity index (χ0) is 13.2. The first-order valence-corrected chi connectivity index (χ1v) is 6.16. The van der Waals surface area contributed by atoms with Crippen LogP contribution >= 0.6 is 0 Å². The van der Waals surface area contributed by atoms with E-state index in [2.05, 4.69) is 43.0 Å². The van der Waals surface area contributed by atoms with E-state index < -0.39 is 0 Å². The van der Waals surface area contributed by atoms with Crippen LogP contribution in [0.25, 0.3) is 0 Å². The number of hydrogen-bond acceptors (Lipinski definition) is 3. The van der Waals surface area contributed by atoms with Crippen molar-refractivity contribution in [3.05, 3.63) is 47.5 Å². The summed E-state index contributed by atoms with van der Waals surface area (Å²) in [5.74, 6) is 0. The Bertz CT molecular complexity index is 505. The minimum atomic E-state index is 0.0942. The molecule has 0 spiro atoms. The molecule has 18 heavy (non-hydrogen) atoms. The molecule has 2 aromatic heterocycles. The standard InChI is InChI=1S/C14H20N4/c1-14(2,3)13-5-4-11(7-16-13)9-18-10-12(6-15)8-17-18/h4-5,7-8,10H,6,9,15H2,1-3H3. The van der Waals surface area contributed by atoms with Crippen molar-refractivity contribution in [1.82, 2.24) is 14.8 Å². The third kappa shape index (κ3) is 2.96. The molecule has 0 atom stereocenters. The molecule has 2 N–H and O–H groups in total. The first-order chi connectivity index (χ1) is 8.49. The second-order valence-electron chi connectivity index (χ2n) is 5.55. The van der Waals surface area contributed by atoms with E-state index in [1.54, 1.807) is 6.20 Å². The third-order valence-electron chi connectivity index (χ3n) is 2.86. The van der Waals surface area contributed by atoms with Gasteiger partial charge in [-0.1, -0.05) is 26.8 Å². The average molecular weight is 244 g/mol. The van der Waals surface area contributed by atoms with Crippen molar-refractivity contribution < 1.29 is 0 Å². The summed E-state index contributed by atoms with van der Waals surface area (Å²) in [5.41, 5.74) is 8.96. The van der Waals surface area contributed by atoms with Gasteiger partial charge in [0.2, 0.25) is 0 Å². The minimum Gasteiger partial charge on any atom is -0.326 e. The summed E-state index contributed by atoms with van der Waals surface area (Å²) >= 11 is 0. The maximum Gasteiger partial charge on any atom is 0.0674 e. The van der Waals surface area contributed by atoms with Gasteiger partial charge in [-0.2, -0.15) is 5.10 Å². The lowest BCUT2D eigenvalue weighted by Gasteiger charge is -2.17. The van der Waals surface area contributed by atoms with Crippen LogP contribution in [0.4, 0.5) is 0 Å². The zero-order valence-corrected chi connectivity index (χ0v) is 11.2. The highest BCUT2D eigenvalue weighted by Gasteiger charge is 2.14. The summed E-state index contributed by atoms with van der Waals surface area (Å²) in [6.45, 7) is 7.75.